The molecule has 116 valence electrons. The van der Waals surface area contributed by atoms with E-state index in [1.54, 1.807) is 6.92 Å². The van der Waals surface area contributed by atoms with E-state index in [0.717, 1.165) is 11.3 Å². The highest BCUT2D eigenvalue weighted by molar-refractivity contribution is 6.01. The Morgan fingerprint density at radius 3 is 2.77 bits per heavy atom. The molecule has 0 saturated heterocycles. The number of carbonyl (C=O) groups is 1. The number of ether oxygens (including phenoxy) is 1. The maximum absolute atomic E-state index is 12.3. The molecule has 0 spiro atoms. The van der Waals surface area contributed by atoms with Gasteiger partial charge in [0.1, 0.15) is 5.75 Å². The summed E-state index contributed by atoms with van der Waals surface area (Å²) in [5.74, 6) is 0.649. The van der Waals surface area contributed by atoms with Gasteiger partial charge in [-0.1, -0.05) is 12.1 Å². The van der Waals surface area contributed by atoms with Crippen molar-refractivity contribution < 1.29 is 9.53 Å². The van der Waals surface area contributed by atoms with Crippen LogP contribution in [0.25, 0.3) is 11.3 Å². The molecule has 1 heterocycles. The zero-order valence-electron chi connectivity index (χ0n) is 13.0. The Morgan fingerprint density at radius 1 is 1.32 bits per heavy atom. The molecule has 3 N–H and O–H groups in total. The van der Waals surface area contributed by atoms with Gasteiger partial charge < -0.3 is 15.8 Å². The van der Waals surface area contributed by atoms with E-state index >= 15 is 0 Å². The molecule has 0 saturated carbocycles. The highest BCUT2D eigenvalue weighted by atomic mass is 16.5. The van der Waals surface area contributed by atoms with Crippen LogP contribution in [-0.4, -0.2) is 29.0 Å². The van der Waals surface area contributed by atoms with Crippen LogP contribution < -0.4 is 15.8 Å². The van der Waals surface area contributed by atoms with E-state index in [2.05, 4.69) is 15.3 Å². The zero-order valence-corrected chi connectivity index (χ0v) is 13.0. The average molecular weight is 300 g/mol. The highest BCUT2D eigenvalue weighted by Gasteiger charge is 2.19. The van der Waals surface area contributed by atoms with Crippen molar-refractivity contribution in [2.24, 2.45) is 0 Å². The summed E-state index contributed by atoms with van der Waals surface area (Å²) in [5, 5.41) is 2.78. The lowest BCUT2D eigenvalue weighted by Gasteiger charge is -2.13. The lowest BCUT2D eigenvalue weighted by atomic mass is 10.0. The quantitative estimate of drug-likeness (QED) is 0.883. The van der Waals surface area contributed by atoms with Gasteiger partial charge in [0.2, 0.25) is 5.95 Å². The number of hydrogen-bond acceptors (Lipinski definition) is 5. The number of benzene rings is 1. The first-order chi connectivity index (χ1) is 10.6. The van der Waals surface area contributed by atoms with Crippen molar-refractivity contribution in [3.05, 3.63) is 35.5 Å². The summed E-state index contributed by atoms with van der Waals surface area (Å²) in [6.45, 7) is 6.62. The summed E-state index contributed by atoms with van der Waals surface area (Å²) >= 11 is 0. The lowest BCUT2D eigenvalue weighted by molar-refractivity contribution is 0.0955. The van der Waals surface area contributed by atoms with Gasteiger partial charge in [-0.25, -0.2) is 9.97 Å². The molecule has 0 aliphatic carbocycles. The number of anilines is 1. The van der Waals surface area contributed by atoms with Crippen molar-refractivity contribution >= 4 is 11.9 Å². The van der Waals surface area contributed by atoms with E-state index in [-0.39, 0.29) is 11.9 Å². The van der Waals surface area contributed by atoms with Crippen LogP contribution in [0.15, 0.2) is 24.3 Å². The van der Waals surface area contributed by atoms with Gasteiger partial charge in [0.05, 0.1) is 23.6 Å². The molecule has 6 heteroatoms. The van der Waals surface area contributed by atoms with Gasteiger partial charge in [0, 0.05) is 12.1 Å². The minimum absolute atomic E-state index is 0.141. The first kappa shape index (κ1) is 15.8. The van der Waals surface area contributed by atoms with Gasteiger partial charge >= 0.3 is 0 Å². The number of amides is 1. The monoisotopic (exact) mass is 300 g/mol. The van der Waals surface area contributed by atoms with E-state index in [1.165, 1.54) is 0 Å². The summed E-state index contributed by atoms with van der Waals surface area (Å²) in [5.41, 5.74) is 8.02. The third-order valence-corrected chi connectivity index (χ3v) is 3.09. The van der Waals surface area contributed by atoms with E-state index in [0.29, 0.717) is 30.1 Å². The summed E-state index contributed by atoms with van der Waals surface area (Å²) in [4.78, 5) is 20.7. The van der Waals surface area contributed by atoms with Crippen LogP contribution in [0.2, 0.25) is 0 Å². The summed E-state index contributed by atoms with van der Waals surface area (Å²) in [6.07, 6.45) is 0. The Morgan fingerprint density at radius 2 is 2.09 bits per heavy atom. The molecule has 1 amide bonds. The largest absolute Gasteiger partial charge is 0.494 e. The fraction of sp³-hybridized carbons (Fsp3) is 0.312. The summed E-state index contributed by atoms with van der Waals surface area (Å²) in [6, 6.07) is 7.42. The van der Waals surface area contributed by atoms with Crippen LogP contribution in [0, 0.1) is 6.92 Å². The molecule has 6 nitrogen and oxygen atoms in total. The fourth-order valence-corrected chi connectivity index (χ4v) is 2.22. The molecule has 1 aromatic carbocycles. The number of carbonyl (C=O) groups excluding carboxylic acids is 1. The van der Waals surface area contributed by atoms with Crippen molar-refractivity contribution in [3.8, 4) is 17.0 Å². The van der Waals surface area contributed by atoms with Crippen molar-refractivity contribution in [2.75, 3.05) is 18.9 Å². The van der Waals surface area contributed by atoms with Crippen LogP contribution in [0.1, 0.15) is 29.9 Å². The van der Waals surface area contributed by atoms with Gasteiger partial charge in [-0.3, -0.25) is 4.79 Å². The SMILES string of the molecule is CCNC(=O)c1c(C)nc(N)nc1-c1cccc(OCC)c1. The number of aromatic nitrogens is 2. The molecule has 0 unspecified atom stereocenters. The number of nitrogen functional groups attached to an aromatic ring is 1. The first-order valence-electron chi connectivity index (χ1n) is 7.22. The molecule has 0 aliphatic rings. The summed E-state index contributed by atoms with van der Waals surface area (Å²) in [7, 11) is 0. The van der Waals surface area contributed by atoms with Crippen LogP contribution in [0.5, 0.6) is 5.75 Å². The van der Waals surface area contributed by atoms with Gasteiger partial charge in [-0.2, -0.15) is 0 Å². The van der Waals surface area contributed by atoms with Gasteiger partial charge in [0.15, 0.2) is 0 Å². The predicted molar refractivity (Wildman–Crippen MR) is 85.8 cm³/mol. The third-order valence-electron chi connectivity index (χ3n) is 3.09. The number of aryl methyl sites for hydroxylation is 1. The van der Waals surface area contributed by atoms with E-state index in [1.807, 2.05) is 38.1 Å². The topological polar surface area (TPSA) is 90.1 Å². The second kappa shape index (κ2) is 6.89. The molecular weight excluding hydrogens is 280 g/mol. The van der Waals surface area contributed by atoms with Crippen molar-refractivity contribution in [1.29, 1.82) is 0 Å². The molecule has 0 aliphatic heterocycles. The molecule has 0 bridgehead atoms. The maximum atomic E-state index is 12.3. The summed E-state index contributed by atoms with van der Waals surface area (Å²) < 4.78 is 5.50. The van der Waals surface area contributed by atoms with Crippen molar-refractivity contribution in [3.63, 3.8) is 0 Å². The highest BCUT2D eigenvalue weighted by Crippen LogP contribution is 2.27. The Balaban J connectivity index is 2.58. The normalized spacial score (nSPS) is 10.3. The van der Waals surface area contributed by atoms with E-state index in [4.69, 9.17) is 10.5 Å². The molecule has 1 aromatic heterocycles. The minimum atomic E-state index is -0.211. The molecule has 0 radical (unpaired) electrons. The fourth-order valence-electron chi connectivity index (χ4n) is 2.22. The van der Waals surface area contributed by atoms with Crippen LogP contribution in [0.3, 0.4) is 0 Å². The lowest BCUT2D eigenvalue weighted by Crippen LogP contribution is -2.25. The number of nitrogens with two attached hydrogens (primary N) is 1. The average Bonchev–Trinajstić information content (AvgIpc) is 2.47. The van der Waals surface area contributed by atoms with Crippen LogP contribution >= 0.6 is 0 Å². The van der Waals surface area contributed by atoms with Crippen molar-refractivity contribution in [2.45, 2.75) is 20.8 Å². The van der Waals surface area contributed by atoms with Gasteiger partial charge in [-0.15, -0.1) is 0 Å². The van der Waals surface area contributed by atoms with Crippen LogP contribution in [0.4, 0.5) is 5.95 Å². The van der Waals surface area contributed by atoms with Gasteiger partial charge in [0.25, 0.3) is 5.91 Å². The standard InChI is InChI=1S/C16H20N4O2/c1-4-18-15(21)13-10(3)19-16(17)20-14(13)11-7-6-8-12(9-11)22-5-2/h6-9H,4-5H2,1-3H3,(H,18,21)(H2,17,19,20). The molecular formula is C16H20N4O2. The van der Waals surface area contributed by atoms with E-state index < -0.39 is 0 Å². The van der Waals surface area contributed by atoms with E-state index in [9.17, 15) is 4.79 Å². The van der Waals surface area contributed by atoms with Crippen molar-refractivity contribution in [1.82, 2.24) is 15.3 Å². The Hall–Kier alpha value is -2.63. The number of nitrogens with one attached hydrogen (secondary N) is 1. The second-order valence-corrected chi connectivity index (χ2v) is 4.71. The number of rotatable bonds is 5. The molecule has 0 fully saturated rings. The molecule has 0 atom stereocenters. The number of nitrogens with zero attached hydrogens (tertiary/aromatic N) is 2. The Labute approximate surface area is 129 Å². The third kappa shape index (κ3) is 3.33. The second-order valence-electron chi connectivity index (χ2n) is 4.71. The Bertz CT molecular complexity index is 686. The first-order valence-corrected chi connectivity index (χ1v) is 7.22. The predicted octanol–water partition coefficient (Wildman–Crippen LogP) is 2.18. The molecule has 22 heavy (non-hydrogen) atoms. The van der Waals surface area contributed by atoms with Gasteiger partial charge in [-0.05, 0) is 32.9 Å². The maximum Gasteiger partial charge on any atom is 0.255 e. The Kier molecular flexibility index (Phi) is 4.93. The number of hydrogen-bond donors (Lipinski definition) is 2. The molecule has 2 rings (SSSR count). The van der Waals surface area contributed by atoms with Crippen LogP contribution in [-0.2, 0) is 0 Å². The minimum Gasteiger partial charge on any atom is -0.494 e. The molecule has 2 aromatic rings. The smallest absolute Gasteiger partial charge is 0.255 e. The zero-order chi connectivity index (χ0) is 16.1.